The number of fused-ring (bicyclic) bond motifs is 1. The first kappa shape index (κ1) is 8.05. The van der Waals surface area contributed by atoms with Crippen molar-refractivity contribution in [3.05, 3.63) is 0 Å². The number of esters is 1. The molecule has 3 heteroatoms. The van der Waals surface area contributed by atoms with Crippen molar-refractivity contribution < 1.29 is 9.53 Å². The van der Waals surface area contributed by atoms with Gasteiger partial charge in [-0.2, -0.15) is 0 Å². The number of nitrogens with one attached hydrogen (secondary N) is 1. The predicted octanol–water partition coefficient (Wildman–Crippen LogP) is 0.547. The van der Waals surface area contributed by atoms with Crippen molar-refractivity contribution in [2.45, 2.75) is 25.8 Å². The highest BCUT2D eigenvalue weighted by atomic mass is 16.5. The van der Waals surface area contributed by atoms with Crippen LogP contribution in [0.25, 0.3) is 0 Å². The second-order valence-corrected chi connectivity index (χ2v) is 3.70. The molecule has 0 aromatic heterocycles. The molecule has 1 aliphatic carbocycles. The fourth-order valence-corrected chi connectivity index (χ4v) is 2.13. The first-order chi connectivity index (χ1) is 5.83. The average Bonchev–Trinajstić information content (AvgIpc) is 2.60. The third kappa shape index (κ3) is 1.12. The van der Waals surface area contributed by atoms with Crippen LogP contribution in [-0.4, -0.2) is 25.2 Å². The minimum atomic E-state index is 0.0168. The Morgan fingerprint density at radius 2 is 2.50 bits per heavy atom. The monoisotopic (exact) mass is 169 g/mol. The highest BCUT2D eigenvalue weighted by Crippen LogP contribution is 2.40. The van der Waals surface area contributed by atoms with Crippen molar-refractivity contribution >= 4 is 5.97 Å². The molecule has 0 aromatic carbocycles. The van der Waals surface area contributed by atoms with Gasteiger partial charge in [0.1, 0.15) is 0 Å². The summed E-state index contributed by atoms with van der Waals surface area (Å²) in [6.45, 7) is 3.60. The number of hydrogen-bond donors (Lipinski definition) is 1. The lowest BCUT2D eigenvalue weighted by atomic mass is 9.74. The molecule has 0 radical (unpaired) electrons. The van der Waals surface area contributed by atoms with Gasteiger partial charge in [0, 0.05) is 6.04 Å². The summed E-state index contributed by atoms with van der Waals surface area (Å²) in [5.41, 5.74) is 0. The first-order valence-corrected chi connectivity index (χ1v) is 4.73. The first-order valence-electron chi connectivity index (χ1n) is 4.73. The van der Waals surface area contributed by atoms with Gasteiger partial charge >= 0.3 is 5.97 Å². The van der Waals surface area contributed by atoms with Gasteiger partial charge in [-0.15, -0.1) is 0 Å². The maximum absolute atomic E-state index is 11.4. The fraction of sp³-hybridized carbons (Fsp3) is 0.889. The Hall–Kier alpha value is -0.570. The van der Waals surface area contributed by atoms with E-state index in [9.17, 15) is 4.79 Å². The number of hydrogen-bond acceptors (Lipinski definition) is 3. The molecule has 3 fully saturated rings. The second kappa shape index (κ2) is 3.05. The lowest BCUT2D eigenvalue weighted by molar-refractivity contribution is -0.153. The maximum Gasteiger partial charge on any atom is 0.310 e. The van der Waals surface area contributed by atoms with Crippen LogP contribution in [0.2, 0.25) is 0 Å². The van der Waals surface area contributed by atoms with Crippen molar-refractivity contribution in [2.24, 2.45) is 11.8 Å². The van der Waals surface area contributed by atoms with E-state index in [-0.39, 0.29) is 11.9 Å². The van der Waals surface area contributed by atoms with Crippen molar-refractivity contribution in [1.82, 2.24) is 5.32 Å². The van der Waals surface area contributed by atoms with E-state index in [1.807, 2.05) is 6.92 Å². The fourth-order valence-electron chi connectivity index (χ4n) is 2.13. The Kier molecular flexibility index (Phi) is 2.05. The molecular weight excluding hydrogens is 154 g/mol. The molecule has 3 nitrogen and oxygen atoms in total. The van der Waals surface area contributed by atoms with Crippen LogP contribution in [0.1, 0.15) is 19.8 Å². The summed E-state index contributed by atoms with van der Waals surface area (Å²) in [6.07, 6.45) is 2.09. The molecule has 2 aliphatic heterocycles. The number of rotatable bonds is 3. The molecule has 0 aromatic rings. The van der Waals surface area contributed by atoms with Crippen LogP contribution in [0.4, 0.5) is 0 Å². The van der Waals surface area contributed by atoms with Crippen molar-refractivity contribution in [3.63, 3.8) is 0 Å². The molecule has 3 unspecified atom stereocenters. The Morgan fingerprint density at radius 3 is 3.00 bits per heavy atom. The van der Waals surface area contributed by atoms with E-state index in [0.29, 0.717) is 18.6 Å². The maximum atomic E-state index is 11.4. The van der Waals surface area contributed by atoms with E-state index in [0.717, 1.165) is 13.0 Å². The van der Waals surface area contributed by atoms with Crippen molar-refractivity contribution in [2.75, 3.05) is 13.2 Å². The van der Waals surface area contributed by atoms with Crippen LogP contribution in [0.5, 0.6) is 0 Å². The van der Waals surface area contributed by atoms with Gasteiger partial charge in [-0.05, 0) is 25.3 Å². The predicted molar refractivity (Wildman–Crippen MR) is 44.6 cm³/mol. The summed E-state index contributed by atoms with van der Waals surface area (Å²) in [4.78, 5) is 11.4. The topological polar surface area (TPSA) is 38.3 Å². The number of carbonyl (C=O) groups is 1. The van der Waals surface area contributed by atoms with Gasteiger partial charge in [0.05, 0.1) is 12.5 Å². The molecule has 0 spiro atoms. The zero-order valence-electron chi connectivity index (χ0n) is 7.38. The highest BCUT2D eigenvalue weighted by Gasteiger charge is 2.51. The van der Waals surface area contributed by atoms with Gasteiger partial charge in [-0.25, -0.2) is 0 Å². The molecule has 3 rings (SSSR count). The van der Waals surface area contributed by atoms with Gasteiger partial charge in [-0.3, -0.25) is 4.79 Å². The largest absolute Gasteiger partial charge is 0.465 e. The van der Waals surface area contributed by atoms with Crippen LogP contribution in [0, 0.1) is 11.8 Å². The minimum absolute atomic E-state index is 0.0168. The van der Waals surface area contributed by atoms with E-state index in [2.05, 4.69) is 5.32 Å². The van der Waals surface area contributed by atoms with Crippen molar-refractivity contribution in [3.8, 4) is 0 Å². The SMILES string of the molecule is CCCOC(=O)C1C2CNC1C2. The van der Waals surface area contributed by atoms with Gasteiger partial charge in [0.15, 0.2) is 0 Å². The Labute approximate surface area is 72.5 Å². The van der Waals surface area contributed by atoms with Gasteiger partial charge in [0.25, 0.3) is 0 Å². The van der Waals surface area contributed by atoms with E-state index in [1.165, 1.54) is 6.42 Å². The van der Waals surface area contributed by atoms with E-state index >= 15 is 0 Å². The van der Waals surface area contributed by atoms with Crippen LogP contribution in [0.3, 0.4) is 0 Å². The third-order valence-corrected chi connectivity index (χ3v) is 2.86. The molecule has 1 saturated carbocycles. The molecule has 3 atom stereocenters. The molecule has 2 heterocycles. The van der Waals surface area contributed by atoms with Crippen LogP contribution in [-0.2, 0) is 9.53 Å². The molecule has 1 N–H and O–H groups in total. The van der Waals surface area contributed by atoms with Crippen molar-refractivity contribution in [1.29, 1.82) is 0 Å². The van der Waals surface area contributed by atoms with E-state index in [4.69, 9.17) is 4.74 Å². The average molecular weight is 169 g/mol. The molecule has 3 aliphatic rings. The van der Waals surface area contributed by atoms with Crippen LogP contribution in [0.15, 0.2) is 0 Å². The number of ether oxygens (including phenoxy) is 1. The Balaban J connectivity index is 1.81. The smallest absolute Gasteiger partial charge is 0.310 e. The molecular formula is C9H15NO2. The Morgan fingerprint density at radius 1 is 1.67 bits per heavy atom. The molecule has 0 amide bonds. The molecule has 2 saturated heterocycles. The molecule has 12 heavy (non-hydrogen) atoms. The summed E-state index contributed by atoms with van der Waals surface area (Å²) in [6, 6.07) is 0.430. The normalized spacial score (nSPS) is 37.6. The summed E-state index contributed by atoms with van der Waals surface area (Å²) in [5.74, 6) is 0.763. The quantitative estimate of drug-likeness (QED) is 0.627. The number of carbonyl (C=O) groups excluding carboxylic acids is 1. The lowest BCUT2D eigenvalue weighted by Crippen LogP contribution is -2.43. The van der Waals surface area contributed by atoms with Gasteiger partial charge in [-0.1, -0.05) is 6.92 Å². The van der Waals surface area contributed by atoms with Gasteiger partial charge < -0.3 is 10.1 Å². The lowest BCUT2D eigenvalue weighted by Gasteiger charge is -2.31. The standard InChI is InChI=1S/C9H15NO2/c1-2-3-12-9(11)8-6-4-7(8)10-5-6/h6-8,10H,2-5H2,1H3. The Bertz CT molecular complexity index is 179. The minimum Gasteiger partial charge on any atom is -0.465 e. The zero-order valence-corrected chi connectivity index (χ0v) is 7.38. The zero-order chi connectivity index (χ0) is 8.55. The summed E-state index contributed by atoms with van der Waals surface area (Å²) >= 11 is 0. The summed E-state index contributed by atoms with van der Waals surface area (Å²) in [7, 11) is 0. The highest BCUT2D eigenvalue weighted by molar-refractivity contribution is 5.75. The molecule has 2 bridgehead atoms. The summed E-state index contributed by atoms with van der Waals surface area (Å²) < 4.78 is 5.10. The second-order valence-electron chi connectivity index (χ2n) is 3.70. The summed E-state index contributed by atoms with van der Waals surface area (Å²) in [5, 5.41) is 3.30. The van der Waals surface area contributed by atoms with Crippen LogP contribution >= 0.6 is 0 Å². The molecule has 68 valence electrons. The van der Waals surface area contributed by atoms with Crippen LogP contribution < -0.4 is 5.32 Å². The van der Waals surface area contributed by atoms with Gasteiger partial charge in [0.2, 0.25) is 0 Å². The van der Waals surface area contributed by atoms with E-state index < -0.39 is 0 Å². The van der Waals surface area contributed by atoms with E-state index in [1.54, 1.807) is 0 Å². The third-order valence-electron chi connectivity index (χ3n) is 2.86.